The number of hydrogen-bond donors (Lipinski definition) is 1. The van der Waals surface area contributed by atoms with Crippen LogP contribution in [0.3, 0.4) is 0 Å². The number of amides is 2. The summed E-state index contributed by atoms with van der Waals surface area (Å²) in [6, 6.07) is 10.0. The third-order valence-electron chi connectivity index (χ3n) is 4.04. The second kappa shape index (κ2) is 11.7. The Kier molecular flexibility index (Phi) is 9.02. The molecule has 1 aromatic heterocycles. The SMILES string of the molecule is CCOC(=O)CCCNC(=O)COC(=O)c1ccccc1N(C)C(=O)c1cccs1. The topological polar surface area (TPSA) is 102 Å². The van der Waals surface area contributed by atoms with Crippen molar-refractivity contribution in [1.29, 1.82) is 0 Å². The molecule has 0 spiro atoms. The summed E-state index contributed by atoms with van der Waals surface area (Å²) in [5, 5.41) is 4.37. The van der Waals surface area contributed by atoms with Gasteiger partial charge in [-0.2, -0.15) is 0 Å². The van der Waals surface area contributed by atoms with E-state index >= 15 is 0 Å². The van der Waals surface area contributed by atoms with E-state index in [9.17, 15) is 19.2 Å². The van der Waals surface area contributed by atoms with Crippen LogP contribution in [0.1, 0.15) is 39.8 Å². The summed E-state index contributed by atoms with van der Waals surface area (Å²) in [4.78, 5) is 50.1. The molecule has 2 amide bonds. The van der Waals surface area contributed by atoms with Crippen LogP contribution in [0, 0.1) is 0 Å². The van der Waals surface area contributed by atoms with Crippen molar-refractivity contribution in [2.24, 2.45) is 0 Å². The van der Waals surface area contributed by atoms with Crippen molar-refractivity contribution in [3.63, 3.8) is 0 Å². The van der Waals surface area contributed by atoms with Gasteiger partial charge in [0.25, 0.3) is 11.8 Å². The smallest absolute Gasteiger partial charge is 0.340 e. The highest BCUT2D eigenvalue weighted by Gasteiger charge is 2.21. The summed E-state index contributed by atoms with van der Waals surface area (Å²) in [6.07, 6.45) is 0.628. The van der Waals surface area contributed by atoms with Crippen molar-refractivity contribution in [3.05, 3.63) is 52.2 Å². The lowest BCUT2D eigenvalue weighted by molar-refractivity contribution is -0.143. The molecule has 0 aliphatic rings. The highest BCUT2D eigenvalue weighted by Crippen LogP contribution is 2.23. The van der Waals surface area contributed by atoms with Gasteiger partial charge in [-0.15, -0.1) is 11.3 Å². The van der Waals surface area contributed by atoms with Gasteiger partial charge in [-0.3, -0.25) is 14.4 Å². The van der Waals surface area contributed by atoms with Crippen molar-refractivity contribution < 1.29 is 28.7 Å². The van der Waals surface area contributed by atoms with Gasteiger partial charge >= 0.3 is 11.9 Å². The Morgan fingerprint density at radius 3 is 2.53 bits per heavy atom. The maximum absolute atomic E-state index is 12.6. The molecule has 1 N–H and O–H groups in total. The molecule has 2 rings (SSSR count). The minimum atomic E-state index is -0.710. The quantitative estimate of drug-likeness (QED) is 0.457. The van der Waals surface area contributed by atoms with E-state index in [1.165, 1.54) is 22.3 Å². The molecular weight excluding hydrogens is 408 g/mol. The van der Waals surface area contributed by atoms with E-state index in [0.717, 1.165) is 0 Å². The Morgan fingerprint density at radius 1 is 1.07 bits per heavy atom. The first-order valence-electron chi connectivity index (χ1n) is 9.44. The van der Waals surface area contributed by atoms with Gasteiger partial charge in [0.2, 0.25) is 0 Å². The largest absolute Gasteiger partial charge is 0.466 e. The lowest BCUT2D eigenvalue weighted by Crippen LogP contribution is -2.31. The maximum Gasteiger partial charge on any atom is 0.340 e. The lowest BCUT2D eigenvalue weighted by atomic mass is 10.1. The first-order chi connectivity index (χ1) is 14.4. The van der Waals surface area contributed by atoms with E-state index in [1.54, 1.807) is 49.7 Å². The first kappa shape index (κ1) is 23.1. The summed E-state index contributed by atoms with van der Waals surface area (Å²) in [5.74, 6) is -1.76. The summed E-state index contributed by atoms with van der Waals surface area (Å²) in [7, 11) is 1.57. The Labute approximate surface area is 178 Å². The average Bonchev–Trinajstić information content (AvgIpc) is 3.29. The van der Waals surface area contributed by atoms with Crippen molar-refractivity contribution in [1.82, 2.24) is 5.32 Å². The Morgan fingerprint density at radius 2 is 1.83 bits per heavy atom. The highest BCUT2D eigenvalue weighted by molar-refractivity contribution is 7.12. The number of carbonyl (C=O) groups is 4. The zero-order chi connectivity index (χ0) is 21.9. The zero-order valence-electron chi connectivity index (χ0n) is 16.9. The summed E-state index contributed by atoms with van der Waals surface area (Å²) in [6.45, 7) is 1.84. The number of nitrogens with one attached hydrogen (secondary N) is 1. The zero-order valence-corrected chi connectivity index (χ0v) is 17.7. The highest BCUT2D eigenvalue weighted by atomic mass is 32.1. The van der Waals surface area contributed by atoms with E-state index in [4.69, 9.17) is 9.47 Å². The van der Waals surface area contributed by atoms with Crippen LogP contribution in [0.25, 0.3) is 0 Å². The Bertz CT molecular complexity index is 881. The van der Waals surface area contributed by atoms with Crippen LogP contribution in [0.2, 0.25) is 0 Å². The molecule has 0 aliphatic heterocycles. The van der Waals surface area contributed by atoms with Gasteiger partial charge < -0.3 is 19.7 Å². The van der Waals surface area contributed by atoms with Gasteiger partial charge in [0.15, 0.2) is 6.61 Å². The molecule has 0 bridgehead atoms. The van der Waals surface area contributed by atoms with Gasteiger partial charge in [0.1, 0.15) is 0 Å². The fourth-order valence-corrected chi connectivity index (χ4v) is 3.27. The number of thiophene rings is 1. The number of esters is 2. The van der Waals surface area contributed by atoms with Gasteiger partial charge in [0, 0.05) is 20.0 Å². The third-order valence-corrected chi connectivity index (χ3v) is 4.90. The van der Waals surface area contributed by atoms with Crippen molar-refractivity contribution in [3.8, 4) is 0 Å². The summed E-state index contributed by atoms with van der Waals surface area (Å²) in [5.41, 5.74) is 0.566. The number of para-hydroxylation sites is 1. The average molecular weight is 432 g/mol. The van der Waals surface area contributed by atoms with Crippen molar-refractivity contribution in [2.45, 2.75) is 19.8 Å². The molecule has 0 unspecified atom stereocenters. The molecule has 1 aromatic carbocycles. The molecule has 1 heterocycles. The normalized spacial score (nSPS) is 10.2. The number of ether oxygens (including phenoxy) is 2. The number of rotatable bonds is 10. The van der Waals surface area contributed by atoms with Crippen molar-refractivity contribution in [2.75, 3.05) is 31.7 Å². The maximum atomic E-state index is 12.6. The first-order valence-corrected chi connectivity index (χ1v) is 10.3. The number of benzene rings is 1. The molecule has 0 saturated heterocycles. The second-order valence-corrected chi connectivity index (χ2v) is 7.14. The van der Waals surface area contributed by atoms with Crippen LogP contribution in [0.5, 0.6) is 0 Å². The minimum Gasteiger partial charge on any atom is -0.466 e. The van der Waals surface area contributed by atoms with Crippen LogP contribution in [0.4, 0.5) is 5.69 Å². The van der Waals surface area contributed by atoms with Gasteiger partial charge in [-0.25, -0.2) is 4.79 Å². The molecule has 0 atom stereocenters. The molecule has 8 nitrogen and oxygen atoms in total. The predicted octanol–water partition coefficient (Wildman–Crippen LogP) is 2.64. The summed E-state index contributed by atoms with van der Waals surface area (Å²) < 4.78 is 9.89. The lowest BCUT2D eigenvalue weighted by Gasteiger charge is -2.19. The van der Waals surface area contributed by atoms with Crippen molar-refractivity contribution >= 4 is 40.8 Å². The van der Waals surface area contributed by atoms with Crippen LogP contribution < -0.4 is 10.2 Å². The summed E-state index contributed by atoms with van der Waals surface area (Å²) >= 11 is 1.31. The molecule has 0 fully saturated rings. The van der Waals surface area contributed by atoms with Gasteiger partial charge in [-0.1, -0.05) is 18.2 Å². The number of anilines is 1. The van der Waals surface area contributed by atoms with Crippen LogP contribution in [0.15, 0.2) is 41.8 Å². The van der Waals surface area contributed by atoms with E-state index in [1.807, 2.05) is 0 Å². The van der Waals surface area contributed by atoms with E-state index in [0.29, 0.717) is 23.6 Å². The molecule has 2 aromatic rings. The predicted molar refractivity (Wildman–Crippen MR) is 113 cm³/mol. The van der Waals surface area contributed by atoms with Gasteiger partial charge in [0.05, 0.1) is 22.7 Å². The van der Waals surface area contributed by atoms with E-state index < -0.39 is 18.5 Å². The second-order valence-electron chi connectivity index (χ2n) is 6.19. The minimum absolute atomic E-state index is 0.181. The van der Waals surface area contributed by atoms with Crippen LogP contribution in [-0.4, -0.2) is 50.6 Å². The van der Waals surface area contributed by atoms with Crippen LogP contribution >= 0.6 is 11.3 Å². The van der Waals surface area contributed by atoms with Gasteiger partial charge in [-0.05, 0) is 36.9 Å². The fourth-order valence-electron chi connectivity index (χ4n) is 2.57. The molecule has 0 aliphatic carbocycles. The molecular formula is C21H24N2O6S. The number of nitrogens with zero attached hydrogens (tertiary/aromatic N) is 1. The van der Waals surface area contributed by atoms with E-state index in [2.05, 4.69) is 5.32 Å². The third kappa shape index (κ3) is 6.70. The molecule has 0 saturated carbocycles. The number of hydrogen-bond acceptors (Lipinski definition) is 7. The Hall–Kier alpha value is -3.20. The van der Waals surface area contributed by atoms with Crippen LogP contribution in [-0.2, 0) is 19.1 Å². The molecule has 30 heavy (non-hydrogen) atoms. The Balaban J connectivity index is 1.88. The molecule has 9 heteroatoms. The molecule has 0 radical (unpaired) electrons. The van der Waals surface area contributed by atoms with E-state index in [-0.39, 0.29) is 30.4 Å². The monoisotopic (exact) mass is 432 g/mol. The fraction of sp³-hybridized carbons (Fsp3) is 0.333. The standard InChI is InChI=1S/C21H24N2O6S/c1-3-28-19(25)11-6-12-22-18(24)14-29-21(27)15-8-4-5-9-16(15)23(2)20(26)17-10-7-13-30-17/h4-5,7-10,13H,3,6,11-12,14H2,1-2H3,(H,22,24). The number of carbonyl (C=O) groups excluding carboxylic acids is 4. The molecule has 160 valence electrons.